The summed E-state index contributed by atoms with van der Waals surface area (Å²) in [5, 5.41) is 17.9. The van der Waals surface area contributed by atoms with Gasteiger partial charge in [0.1, 0.15) is 12.2 Å². The number of hydrogen-bond donors (Lipinski definition) is 4. The molecule has 0 spiro atoms. The molecule has 0 aromatic heterocycles. The highest BCUT2D eigenvalue weighted by Gasteiger charge is 2.47. The van der Waals surface area contributed by atoms with E-state index in [1.54, 1.807) is 0 Å². The second kappa shape index (κ2) is 4.16. The lowest BCUT2D eigenvalue weighted by Crippen LogP contribution is -2.54. The average Bonchev–Trinajstić information content (AvgIpc) is 2.13. The number of aliphatic hydroxyl groups excluding tert-OH is 2. The molecule has 1 fully saturated rings. The molecule has 88 valence electrons. The largest absolute Gasteiger partial charge is 0.394 e. The van der Waals surface area contributed by atoms with Crippen molar-refractivity contribution >= 4 is 22.2 Å². The summed E-state index contributed by atoms with van der Waals surface area (Å²) in [5.41, 5.74) is -1.70. The molecule has 1 heterocycles. The van der Waals surface area contributed by atoms with E-state index in [0.29, 0.717) is 0 Å². The van der Waals surface area contributed by atoms with Gasteiger partial charge >= 0.3 is 0 Å². The molecule has 1 aliphatic heterocycles. The minimum absolute atomic E-state index is 0.688. The Kier molecular flexibility index (Phi) is 3.48. The molecule has 15 heavy (non-hydrogen) atoms. The van der Waals surface area contributed by atoms with Crippen LogP contribution in [0.4, 0.5) is 0 Å². The molecule has 0 amide bonds. The van der Waals surface area contributed by atoms with Crippen molar-refractivity contribution in [2.24, 2.45) is 0 Å². The molecule has 8 heteroatoms. The summed E-state index contributed by atoms with van der Waals surface area (Å²) in [4.78, 5) is 22.4. The normalized spacial score (nSPS) is 34.3. The Labute approximate surface area is 87.0 Å². The fourth-order valence-corrected chi connectivity index (χ4v) is 2.05. The van der Waals surface area contributed by atoms with Crippen molar-refractivity contribution in [3.63, 3.8) is 0 Å². The summed E-state index contributed by atoms with van der Waals surface area (Å²) in [7, 11) is -3.39. The number of hydrogen-bond acceptors (Lipinski definition) is 7. The van der Waals surface area contributed by atoms with E-state index in [9.17, 15) is 23.8 Å². The highest BCUT2D eigenvalue weighted by molar-refractivity contribution is 8.24. The summed E-state index contributed by atoms with van der Waals surface area (Å²) in [6, 6.07) is 0. The van der Waals surface area contributed by atoms with Crippen molar-refractivity contribution in [3.8, 4) is 0 Å². The van der Waals surface area contributed by atoms with Gasteiger partial charge in [-0.2, -0.15) is 10.6 Å². The van der Waals surface area contributed by atoms with E-state index in [0.717, 1.165) is 6.26 Å². The molecule has 0 aromatic carbocycles. The van der Waals surface area contributed by atoms with Crippen molar-refractivity contribution in [3.05, 3.63) is 0 Å². The molecule has 0 aromatic rings. The van der Waals surface area contributed by atoms with Crippen molar-refractivity contribution < 1.29 is 33.6 Å². The van der Waals surface area contributed by atoms with Crippen molar-refractivity contribution in [2.75, 3.05) is 12.9 Å². The third-order valence-electron chi connectivity index (χ3n) is 1.96. The van der Waals surface area contributed by atoms with Crippen LogP contribution in [-0.4, -0.2) is 61.4 Å². The van der Waals surface area contributed by atoms with Gasteiger partial charge in [0, 0.05) is 6.26 Å². The van der Waals surface area contributed by atoms with Crippen molar-refractivity contribution in [2.45, 2.75) is 17.6 Å². The van der Waals surface area contributed by atoms with Gasteiger partial charge < -0.3 is 14.9 Å². The van der Waals surface area contributed by atoms with Gasteiger partial charge in [-0.25, -0.2) is 0 Å². The molecule has 4 N–H and O–H groups in total. The number of aliphatic hydroxyl groups is 2. The van der Waals surface area contributed by atoms with E-state index in [1.165, 1.54) is 0 Å². The van der Waals surface area contributed by atoms with Crippen molar-refractivity contribution in [1.82, 2.24) is 0 Å². The summed E-state index contributed by atoms with van der Waals surface area (Å²) in [6.07, 6.45) is -2.10. The van der Waals surface area contributed by atoms with Gasteiger partial charge in [-0.1, -0.05) is 0 Å². The van der Waals surface area contributed by atoms with Gasteiger partial charge in [-0.05, 0) is 0 Å². The van der Waals surface area contributed by atoms with Crippen molar-refractivity contribution in [1.29, 1.82) is 0 Å². The predicted molar refractivity (Wildman–Crippen MR) is 50.5 cm³/mol. The minimum atomic E-state index is -3.39. The zero-order valence-electron chi connectivity index (χ0n) is 7.86. The molecule has 3 atom stereocenters. The maximum atomic E-state index is 11.2. The fraction of sp³-hybridized carbons (Fsp3) is 0.714. The summed E-state index contributed by atoms with van der Waals surface area (Å²) in [6.45, 7) is -0.688. The molecule has 1 aliphatic rings. The Hall–Kier alpha value is -0.510. The maximum Gasteiger partial charge on any atom is 0.249 e. The number of carbonyl (C=O) groups is 2. The lowest BCUT2D eigenvalue weighted by molar-refractivity contribution is -0.166. The standard InChI is InChI=1S/C7H12O7S/c1-15(12,13)7-6(11)5(10)4(9)3(2-8)14-7/h3-4,7-9,12-13H,2H2,1H3/t3-,4-,7+/m1/s1. The van der Waals surface area contributed by atoms with Crippen LogP contribution < -0.4 is 0 Å². The number of ether oxygens (including phenoxy) is 1. The third-order valence-corrected chi connectivity index (χ3v) is 3.10. The lowest BCUT2D eigenvalue weighted by Gasteiger charge is -2.40. The van der Waals surface area contributed by atoms with Crippen LogP contribution in [-0.2, 0) is 14.3 Å². The van der Waals surface area contributed by atoms with Crippen LogP contribution in [0.25, 0.3) is 0 Å². The van der Waals surface area contributed by atoms with Crippen LogP contribution in [0.1, 0.15) is 0 Å². The summed E-state index contributed by atoms with van der Waals surface area (Å²) in [5.74, 6) is -2.36. The van der Waals surface area contributed by atoms with Crippen LogP contribution in [0, 0.1) is 0 Å². The SMILES string of the molecule is CS(O)(O)[C@@H]1O[C@H](CO)[C@@H](O)C(=O)C1=O. The quantitative estimate of drug-likeness (QED) is 0.437. The Morgan fingerprint density at radius 1 is 1.33 bits per heavy atom. The van der Waals surface area contributed by atoms with E-state index < -0.39 is 46.4 Å². The number of rotatable bonds is 2. The average molecular weight is 240 g/mol. The zero-order valence-corrected chi connectivity index (χ0v) is 8.68. The van der Waals surface area contributed by atoms with Gasteiger partial charge in [0.25, 0.3) is 0 Å². The Morgan fingerprint density at radius 2 is 1.87 bits per heavy atom. The summed E-state index contributed by atoms with van der Waals surface area (Å²) >= 11 is 0. The Bertz CT molecular complexity index is 284. The molecule has 0 saturated carbocycles. The molecule has 0 bridgehead atoms. The molecule has 0 radical (unpaired) electrons. The predicted octanol–water partition coefficient (Wildman–Crippen LogP) is -1.42. The lowest BCUT2D eigenvalue weighted by atomic mass is 10.0. The van der Waals surface area contributed by atoms with Crippen LogP contribution >= 0.6 is 10.6 Å². The first-order valence-corrected chi connectivity index (χ1v) is 6.05. The smallest absolute Gasteiger partial charge is 0.249 e. The van der Waals surface area contributed by atoms with Gasteiger partial charge in [-0.15, -0.1) is 0 Å². The first-order chi connectivity index (χ1) is 6.79. The third kappa shape index (κ3) is 2.36. The van der Waals surface area contributed by atoms with E-state index in [1.807, 2.05) is 0 Å². The molecule has 7 nitrogen and oxygen atoms in total. The van der Waals surface area contributed by atoms with E-state index in [4.69, 9.17) is 9.84 Å². The molecule has 0 unspecified atom stereocenters. The first kappa shape index (κ1) is 12.6. The second-order valence-electron chi connectivity index (χ2n) is 3.26. The van der Waals surface area contributed by atoms with Gasteiger partial charge in [0.15, 0.2) is 0 Å². The van der Waals surface area contributed by atoms with E-state index >= 15 is 0 Å². The minimum Gasteiger partial charge on any atom is -0.394 e. The number of carbonyl (C=O) groups excluding carboxylic acids is 2. The molecular weight excluding hydrogens is 228 g/mol. The van der Waals surface area contributed by atoms with E-state index in [-0.39, 0.29) is 0 Å². The van der Waals surface area contributed by atoms with Crippen LogP contribution in [0.15, 0.2) is 0 Å². The first-order valence-electron chi connectivity index (χ1n) is 4.03. The molecular formula is C7H12O7S. The Balaban J connectivity index is 2.94. The molecule has 0 aliphatic carbocycles. The highest BCUT2D eigenvalue weighted by Crippen LogP contribution is 2.43. The number of Topliss-reactive ketones (excluding diaryl/α,β-unsaturated/α-hetero) is 2. The molecule has 1 saturated heterocycles. The second-order valence-corrected chi connectivity index (χ2v) is 5.47. The fourth-order valence-electron chi connectivity index (χ4n) is 1.18. The maximum absolute atomic E-state index is 11.2. The van der Waals surface area contributed by atoms with Crippen LogP contribution in [0.5, 0.6) is 0 Å². The topological polar surface area (TPSA) is 124 Å². The van der Waals surface area contributed by atoms with Crippen LogP contribution in [0.2, 0.25) is 0 Å². The van der Waals surface area contributed by atoms with Crippen LogP contribution in [0.3, 0.4) is 0 Å². The highest BCUT2D eigenvalue weighted by atomic mass is 32.3. The zero-order chi connectivity index (χ0) is 11.8. The summed E-state index contributed by atoms with van der Waals surface area (Å²) < 4.78 is 23.2. The van der Waals surface area contributed by atoms with Gasteiger partial charge in [0.05, 0.1) is 6.61 Å². The van der Waals surface area contributed by atoms with Gasteiger partial charge in [0.2, 0.25) is 17.0 Å². The number of ketones is 2. The molecule has 1 rings (SSSR count). The van der Waals surface area contributed by atoms with E-state index in [2.05, 4.69) is 0 Å². The monoisotopic (exact) mass is 240 g/mol. The van der Waals surface area contributed by atoms with Gasteiger partial charge in [-0.3, -0.25) is 18.7 Å². The Morgan fingerprint density at radius 3 is 2.27 bits per heavy atom.